The SMILES string of the molecule is O=C(Nc1cc(C(F)(F)F)ccn1)c1ccc(-n2cnnc2)cc1. The fourth-order valence-corrected chi connectivity index (χ4v) is 1.98. The summed E-state index contributed by atoms with van der Waals surface area (Å²) in [6.45, 7) is 0. The maximum absolute atomic E-state index is 12.7. The van der Waals surface area contributed by atoms with Crippen LogP contribution >= 0.6 is 0 Å². The summed E-state index contributed by atoms with van der Waals surface area (Å²) in [5, 5.41) is 9.69. The van der Waals surface area contributed by atoms with Crippen LogP contribution in [0.2, 0.25) is 0 Å². The number of benzene rings is 1. The molecule has 0 saturated carbocycles. The molecule has 2 heterocycles. The number of rotatable bonds is 3. The first kappa shape index (κ1) is 15.7. The predicted molar refractivity (Wildman–Crippen MR) is 78.6 cm³/mol. The first-order chi connectivity index (χ1) is 11.4. The van der Waals surface area contributed by atoms with Crippen LogP contribution in [0.1, 0.15) is 15.9 Å². The van der Waals surface area contributed by atoms with Crippen LogP contribution in [0.4, 0.5) is 19.0 Å². The summed E-state index contributed by atoms with van der Waals surface area (Å²) in [6, 6.07) is 8.03. The van der Waals surface area contributed by atoms with E-state index in [9.17, 15) is 18.0 Å². The number of carbonyl (C=O) groups is 1. The summed E-state index contributed by atoms with van der Waals surface area (Å²) in [4.78, 5) is 15.8. The minimum absolute atomic E-state index is 0.169. The quantitative estimate of drug-likeness (QED) is 0.800. The van der Waals surface area contributed by atoms with Crippen molar-refractivity contribution in [3.8, 4) is 5.69 Å². The van der Waals surface area contributed by atoms with Crippen LogP contribution in [0.25, 0.3) is 5.69 Å². The molecular weight excluding hydrogens is 323 g/mol. The number of halogens is 3. The molecule has 1 amide bonds. The third-order valence-electron chi connectivity index (χ3n) is 3.18. The van der Waals surface area contributed by atoms with E-state index >= 15 is 0 Å². The molecule has 0 radical (unpaired) electrons. The zero-order chi connectivity index (χ0) is 17.2. The Morgan fingerprint density at radius 3 is 2.33 bits per heavy atom. The van der Waals surface area contributed by atoms with Crippen LogP contribution in [0.15, 0.2) is 55.2 Å². The van der Waals surface area contributed by atoms with Crippen LogP contribution in [-0.4, -0.2) is 25.7 Å². The Kier molecular flexibility index (Phi) is 3.98. The highest BCUT2D eigenvalue weighted by atomic mass is 19.4. The summed E-state index contributed by atoms with van der Waals surface area (Å²) in [5.74, 6) is -0.727. The summed E-state index contributed by atoms with van der Waals surface area (Å²) < 4.78 is 39.6. The lowest BCUT2D eigenvalue weighted by Gasteiger charge is -2.09. The van der Waals surface area contributed by atoms with Gasteiger partial charge in [-0.3, -0.25) is 9.36 Å². The number of anilines is 1. The Morgan fingerprint density at radius 1 is 1.04 bits per heavy atom. The van der Waals surface area contributed by atoms with E-state index in [0.29, 0.717) is 0 Å². The van der Waals surface area contributed by atoms with Gasteiger partial charge in [-0.15, -0.1) is 10.2 Å². The third-order valence-corrected chi connectivity index (χ3v) is 3.18. The Morgan fingerprint density at radius 2 is 1.71 bits per heavy atom. The highest BCUT2D eigenvalue weighted by Crippen LogP contribution is 2.29. The molecular formula is C15H10F3N5O. The van der Waals surface area contributed by atoms with Crippen molar-refractivity contribution in [3.63, 3.8) is 0 Å². The molecule has 0 fully saturated rings. The number of amides is 1. The smallest absolute Gasteiger partial charge is 0.307 e. The Hall–Kier alpha value is -3.23. The zero-order valence-corrected chi connectivity index (χ0v) is 12.0. The van der Waals surface area contributed by atoms with Crippen molar-refractivity contribution < 1.29 is 18.0 Å². The van der Waals surface area contributed by atoms with E-state index in [2.05, 4.69) is 20.5 Å². The molecule has 0 aliphatic carbocycles. The predicted octanol–water partition coefficient (Wildman–Crippen LogP) is 2.93. The molecule has 122 valence electrons. The van der Waals surface area contributed by atoms with Crippen LogP contribution in [0, 0.1) is 0 Å². The molecule has 3 rings (SSSR count). The monoisotopic (exact) mass is 333 g/mol. The minimum atomic E-state index is -4.50. The number of pyridine rings is 1. The molecule has 0 bridgehead atoms. The number of nitrogens with zero attached hydrogens (tertiary/aromatic N) is 4. The second-order valence-electron chi connectivity index (χ2n) is 4.80. The van der Waals surface area contributed by atoms with Gasteiger partial charge in [0.2, 0.25) is 0 Å². The van der Waals surface area contributed by atoms with Gasteiger partial charge >= 0.3 is 6.18 Å². The Balaban J connectivity index is 1.76. The van der Waals surface area contributed by atoms with E-state index in [1.54, 1.807) is 16.7 Å². The average molecular weight is 333 g/mol. The van der Waals surface area contributed by atoms with Crippen molar-refractivity contribution in [2.75, 3.05) is 5.32 Å². The molecule has 6 nitrogen and oxygen atoms in total. The molecule has 0 unspecified atom stereocenters. The first-order valence-electron chi connectivity index (χ1n) is 6.73. The fourth-order valence-electron chi connectivity index (χ4n) is 1.98. The van der Waals surface area contributed by atoms with E-state index < -0.39 is 17.6 Å². The van der Waals surface area contributed by atoms with Gasteiger partial charge in [-0.1, -0.05) is 0 Å². The lowest BCUT2D eigenvalue weighted by molar-refractivity contribution is -0.137. The van der Waals surface area contributed by atoms with Crippen molar-refractivity contribution in [1.82, 2.24) is 19.7 Å². The second kappa shape index (κ2) is 6.11. The topological polar surface area (TPSA) is 72.7 Å². The largest absolute Gasteiger partial charge is 0.416 e. The zero-order valence-electron chi connectivity index (χ0n) is 12.0. The number of hydrogen-bond acceptors (Lipinski definition) is 4. The van der Waals surface area contributed by atoms with Gasteiger partial charge in [-0.25, -0.2) is 4.98 Å². The highest BCUT2D eigenvalue weighted by molar-refractivity contribution is 6.03. The van der Waals surface area contributed by atoms with Gasteiger partial charge in [0.1, 0.15) is 18.5 Å². The van der Waals surface area contributed by atoms with E-state index in [-0.39, 0.29) is 11.4 Å². The van der Waals surface area contributed by atoms with Gasteiger partial charge in [0.25, 0.3) is 5.91 Å². The van der Waals surface area contributed by atoms with Gasteiger partial charge in [-0.05, 0) is 36.4 Å². The fraction of sp³-hybridized carbons (Fsp3) is 0.0667. The first-order valence-corrected chi connectivity index (χ1v) is 6.73. The van der Waals surface area contributed by atoms with Gasteiger partial charge in [0, 0.05) is 17.4 Å². The van der Waals surface area contributed by atoms with Gasteiger partial charge in [-0.2, -0.15) is 13.2 Å². The molecule has 3 aromatic rings. The molecule has 2 aromatic heterocycles. The lowest BCUT2D eigenvalue weighted by Crippen LogP contribution is -2.14. The van der Waals surface area contributed by atoms with E-state index in [4.69, 9.17) is 0 Å². The summed E-state index contributed by atoms with van der Waals surface area (Å²) >= 11 is 0. The molecule has 24 heavy (non-hydrogen) atoms. The van der Waals surface area contributed by atoms with Crippen molar-refractivity contribution in [2.45, 2.75) is 6.18 Å². The van der Waals surface area contributed by atoms with Gasteiger partial charge in [0.05, 0.1) is 5.56 Å². The number of alkyl halides is 3. The highest BCUT2D eigenvalue weighted by Gasteiger charge is 2.30. The molecule has 0 spiro atoms. The Labute approximate surface area is 134 Å². The number of carbonyl (C=O) groups excluding carboxylic acids is 1. The van der Waals surface area contributed by atoms with Crippen LogP contribution in [0.3, 0.4) is 0 Å². The lowest BCUT2D eigenvalue weighted by atomic mass is 10.2. The van der Waals surface area contributed by atoms with Gasteiger partial charge in [0.15, 0.2) is 0 Å². The number of hydrogen-bond donors (Lipinski definition) is 1. The average Bonchev–Trinajstić information content (AvgIpc) is 3.09. The molecule has 9 heteroatoms. The maximum Gasteiger partial charge on any atom is 0.416 e. The molecule has 0 aliphatic heterocycles. The second-order valence-corrected chi connectivity index (χ2v) is 4.80. The number of aromatic nitrogens is 4. The van der Waals surface area contributed by atoms with Crippen molar-refractivity contribution in [2.24, 2.45) is 0 Å². The van der Waals surface area contributed by atoms with Crippen LogP contribution in [-0.2, 0) is 6.18 Å². The summed E-state index contributed by atoms with van der Waals surface area (Å²) in [5.41, 5.74) is 0.149. The van der Waals surface area contributed by atoms with Crippen LogP contribution in [0.5, 0.6) is 0 Å². The maximum atomic E-state index is 12.7. The molecule has 1 aromatic carbocycles. The molecule has 0 atom stereocenters. The van der Waals surface area contributed by atoms with Crippen molar-refractivity contribution >= 4 is 11.7 Å². The Bertz CT molecular complexity index is 844. The minimum Gasteiger partial charge on any atom is -0.307 e. The van der Waals surface area contributed by atoms with E-state index in [1.807, 2.05) is 0 Å². The summed E-state index contributed by atoms with van der Waals surface area (Å²) in [7, 11) is 0. The third kappa shape index (κ3) is 3.40. The van der Waals surface area contributed by atoms with Crippen molar-refractivity contribution in [3.05, 3.63) is 66.4 Å². The normalized spacial score (nSPS) is 11.3. The van der Waals surface area contributed by atoms with Gasteiger partial charge < -0.3 is 5.32 Å². The van der Waals surface area contributed by atoms with E-state index in [0.717, 1.165) is 24.0 Å². The van der Waals surface area contributed by atoms with E-state index in [1.165, 1.54) is 24.8 Å². The van der Waals surface area contributed by atoms with Crippen molar-refractivity contribution in [1.29, 1.82) is 0 Å². The van der Waals surface area contributed by atoms with Crippen LogP contribution < -0.4 is 5.32 Å². The standard InChI is InChI=1S/C15H10F3N5O/c16-15(17,18)11-5-6-19-13(7-11)22-14(24)10-1-3-12(4-2-10)23-8-20-21-9-23/h1-9H,(H,19,22,24). The molecule has 0 saturated heterocycles. The summed E-state index contributed by atoms with van der Waals surface area (Å²) in [6.07, 6.45) is -0.500. The number of nitrogens with one attached hydrogen (secondary N) is 1. The molecule has 0 aliphatic rings. The molecule has 1 N–H and O–H groups in total.